The number of nitrogens with zero attached hydrogens (tertiary/aromatic N) is 3. The van der Waals surface area contributed by atoms with Crippen LogP contribution in [0.3, 0.4) is 0 Å². The standard InChI is InChI=1S/C18H24ClF2N3O4S/c1-23(12-7-9-18(20,21)10-8-12)17(25)13-4-3-11-24(13)29(26,27)14-5-6-15(28-2)22-16(14)19/h5-6,12-13H,3-4,7-11H2,1-2H3/t13-/m0/s1. The lowest BCUT2D eigenvalue weighted by Gasteiger charge is -2.36. The van der Waals surface area contributed by atoms with Crippen LogP contribution in [0.5, 0.6) is 5.88 Å². The van der Waals surface area contributed by atoms with Crippen molar-refractivity contribution in [2.75, 3.05) is 20.7 Å². The molecule has 1 amide bonds. The molecular formula is C18H24ClF2N3O4S. The van der Waals surface area contributed by atoms with Crippen LogP contribution in [0.25, 0.3) is 0 Å². The highest BCUT2D eigenvalue weighted by Gasteiger charge is 2.44. The summed E-state index contributed by atoms with van der Waals surface area (Å²) in [4.78, 5) is 18.2. The molecule has 1 aliphatic carbocycles. The molecule has 1 aliphatic heterocycles. The zero-order valence-corrected chi connectivity index (χ0v) is 17.8. The summed E-state index contributed by atoms with van der Waals surface area (Å²) < 4.78 is 59.2. The molecule has 2 aliphatic rings. The lowest BCUT2D eigenvalue weighted by atomic mass is 9.91. The SMILES string of the molecule is COc1ccc(S(=O)(=O)N2CCC[C@H]2C(=O)N(C)C2CCC(F)(F)CC2)c(Cl)n1. The number of alkyl halides is 2. The molecule has 2 heterocycles. The fraction of sp³-hybridized carbons (Fsp3) is 0.667. The molecule has 0 bridgehead atoms. The van der Waals surface area contributed by atoms with E-state index in [2.05, 4.69) is 4.98 Å². The minimum Gasteiger partial charge on any atom is -0.481 e. The average Bonchev–Trinajstić information content (AvgIpc) is 3.17. The van der Waals surface area contributed by atoms with Gasteiger partial charge in [-0.25, -0.2) is 22.2 Å². The van der Waals surface area contributed by atoms with Crippen LogP contribution >= 0.6 is 11.6 Å². The Morgan fingerprint density at radius 2 is 1.97 bits per heavy atom. The molecule has 1 atom stereocenters. The number of likely N-dealkylation sites (N-methyl/N-ethyl adjacent to an activating group) is 1. The van der Waals surface area contributed by atoms with Crippen LogP contribution in [0.4, 0.5) is 8.78 Å². The van der Waals surface area contributed by atoms with Crippen LogP contribution in [0.1, 0.15) is 38.5 Å². The number of rotatable bonds is 5. The van der Waals surface area contributed by atoms with Gasteiger partial charge in [0.15, 0.2) is 5.15 Å². The number of halogens is 3. The number of ether oxygens (including phenoxy) is 1. The van der Waals surface area contributed by atoms with Crippen molar-refractivity contribution >= 4 is 27.5 Å². The molecule has 2 fully saturated rings. The zero-order chi connectivity index (χ0) is 21.4. The third kappa shape index (κ3) is 4.49. The van der Waals surface area contributed by atoms with Crippen LogP contribution in [0, 0.1) is 0 Å². The van der Waals surface area contributed by atoms with Gasteiger partial charge in [-0.05, 0) is 31.7 Å². The summed E-state index contributed by atoms with van der Waals surface area (Å²) >= 11 is 6.05. The van der Waals surface area contributed by atoms with Gasteiger partial charge in [-0.3, -0.25) is 4.79 Å². The maximum atomic E-state index is 13.4. The number of carbonyl (C=O) groups is 1. The van der Waals surface area contributed by atoms with E-state index in [1.54, 1.807) is 7.05 Å². The molecule has 1 aromatic heterocycles. The van der Waals surface area contributed by atoms with Crippen molar-refractivity contribution in [2.24, 2.45) is 0 Å². The topological polar surface area (TPSA) is 79.8 Å². The Kier molecular flexibility index (Phi) is 6.35. The molecule has 3 rings (SSSR count). The van der Waals surface area contributed by atoms with Gasteiger partial charge in [-0.15, -0.1) is 0 Å². The van der Waals surface area contributed by atoms with Gasteiger partial charge >= 0.3 is 0 Å². The fourth-order valence-electron chi connectivity index (χ4n) is 3.94. The molecule has 1 saturated carbocycles. The molecule has 7 nitrogen and oxygen atoms in total. The monoisotopic (exact) mass is 451 g/mol. The largest absolute Gasteiger partial charge is 0.481 e. The van der Waals surface area contributed by atoms with Crippen molar-refractivity contribution in [1.82, 2.24) is 14.2 Å². The minimum atomic E-state index is -4.06. The molecule has 0 radical (unpaired) electrons. The van der Waals surface area contributed by atoms with E-state index in [0.717, 1.165) is 4.31 Å². The second-order valence-corrected chi connectivity index (χ2v) is 9.67. The second kappa shape index (κ2) is 8.31. The van der Waals surface area contributed by atoms with Crippen LogP contribution in [0.15, 0.2) is 17.0 Å². The van der Waals surface area contributed by atoms with E-state index >= 15 is 0 Å². The smallest absolute Gasteiger partial charge is 0.248 e. The number of pyridine rings is 1. The minimum absolute atomic E-state index is 0.178. The Balaban J connectivity index is 1.79. The first-order chi connectivity index (χ1) is 13.6. The second-order valence-electron chi connectivity index (χ2n) is 7.45. The molecule has 0 unspecified atom stereocenters. The van der Waals surface area contributed by atoms with E-state index in [1.165, 1.54) is 24.1 Å². The van der Waals surface area contributed by atoms with Gasteiger partial charge in [0.1, 0.15) is 10.9 Å². The Bertz CT molecular complexity index is 874. The number of sulfonamides is 1. The van der Waals surface area contributed by atoms with E-state index in [1.807, 2.05) is 0 Å². The molecule has 11 heteroatoms. The van der Waals surface area contributed by atoms with Crippen molar-refractivity contribution in [2.45, 2.75) is 61.4 Å². The molecule has 29 heavy (non-hydrogen) atoms. The van der Waals surface area contributed by atoms with Crippen LogP contribution < -0.4 is 4.74 Å². The third-order valence-electron chi connectivity index (χ3n) is 5.66. The Labute approximate surface area is 174 Å². The first-order valence-electron chi connectivity index (χ1n) is 9.44. The van der Waals surface area contributed by atoms with Crippen molar-refractivity contribution < 1.29 is 26.7 Å². The molecular weight excluding hydrogens is 428 g/mol. The molecule has 1 saturated heterocycles. The molecule has 1 aromatic rings. The number of hydrogen-bond acceptors (Lipinski definition) is 5. The highest BCUT2D eigenvalue weighted by atomic mass is 35.5. The number of carbonyl (C=O) groups excluding carboxylic acids is 1. The van der Waals surface area contributed by atoms with Gasteiger partial charge in [0, 0.05) is 38.5 Å². The molecule has 0 spiro atoms. The van der Waals surface area contributed by atoms with E-state index in [0.29, 0.717) is 12.8 Å². The highest BCUT2D eigenvalue weighted by molar-refractivity contribution is 7.89. The lowest BCUT2D eigenvalue weighted by molar-refractivity contribution is -0.138. The van der Waals surface area contributed by atoms with Gasteiger partial charge in [0.25, 0.3) is 0 Å². The van der Waals surface area contributed by atoms with Crippen molar-refractivity contribution in [3.63, 3.8) is 0 Å². The summed E-state index contributed by atoms with van der Waals surface area (Å²) in [5, 5.41) is -0.231. The van der Waals surface area contributed by atoms with Crippen molar-refractivity contribution in [3.8, 4) is 5.88 Å². The normalized spacial score (nSPS) is 23.1. The number of aromatic nitrogens is 1. The van der Waals surface area contributed by atoms with Crippen molar-refractivity contribution in [1.29, 1.82) is 0 Å². The fourth-order valence-corrected chi connectivity index (χ4v) is 6.03. The maximum absolute atomic E-state index is 13.4. The molecule has 162 valence electrons. The van der Waals surface area contributed by atoms with E-state index in [9.17, 15) is 22.0 Å². The van der Waals surface area contributed by atoms with E-state index < -0.39 is 22.0 Å². The quantitative estimate of drug-likeness (QED) is 0.643. The van der Waals surface area contributed by atoms with Crippen LogP contribution in [0.2, 0.25) is 5.15 Å². The van der Waals surface area contributed by atoms with Crippen LogP contribution in [-0.2, 0) is 14.8 Å². The summed E-state index contributed by atoms with van der Waals surface area (Å²) in [6, 6.07) is 1.49. The number of methoxy groups -OCH3 is 1. The summed E-state index contributed by atoms with van der Waals surface area (Å²) in [7, 11) is -1.11. The first kappa shape index (κ1) is 22.2. The third-order valence-corrected chi connectivity index (χ3v) is 8.00. The Morgan fingerprint density at radius 3 is 2.55 bits per heavy atom. The Morgan fingerprint density at radius 1 is 1.31 bits per heavy atom. The van der Waals surface area contributed by atoms with Crippen molar-refractivity contribution in [3.05, 3.63) is 17.3 Å². The predicted molar refractivity (Wildman–Crippen MR) is 103 cm³/mol. The molecule has 0 aromatic carbocycles. The summed E-state index contributed by atoms with van der Waals surface area (Å²) in [5.74, 6) is -2.89. The average molecular weight is 452 g/mol. The first-order valence-corrected chi connectivity index (χ1v) is 11.3. The Hall–Kier alpha value is -1.52. The number of hydrogen-bond donors (Lipinski definition) is 0. The van der Waals surface area contributed by atoms with Gasteiger partial charge in [-0.2, -0.15) is 4.31 Å². The lowest BCUT2D eigenvalue weighted by Crippen LogP contribution is -2.50. The number of amides is 1. The van der Waals surface area contributed by atoms with Crippen LogP contribution in [-0.4, -0.2) is 67.2 Å². The predicted octanol–water partition coefficient (Wildman–Crippen LogP) is 2.93. The van der Waals surface area contributed by atoms with Gasteiger partial charge in [-0.1, -0.05) is 11.6 Å². The van der Waals surface area contributed by atoms with E-state index in [4.69, 9.17) is 16.3 Å². The van der Waals surface area contributed by atoms with Gasteiger partial charge in [0.05, 0.1) is 7.11 Å². The summed E-state index contributed by atoms with van der Waals surface area (Å²) in [5.41, 5.74) is 0. The van der Waals surface area contributed by atoms with Gasteiger partial charge < -0.3 is 9.64 Å². The van der Waals surface area contributed by atoms with E-state index in [-0.39, 0.29) is 60.1 Å². The summed E-state index contributed by atoms with van der Waals surface area (Å²) in [6.07, 6.45) is 0.746. The highest BCUT2D eigenvalue weighted by Crippen LogP contribution is 2.36. The summed E-state index contributed by atoms with van der Waals surface area (Å²) in [6.45, 7) is 0.178. The zero-order valence-electron chi connectivity index (χ0n) is 16.3. The maximum Gasteiger partial charge on any atom is 0.248 e. The molecule has 0 N–H and O–H groups in total. The van der Waals surface area contributed by atoms with Gasteiger partial charge in [0.2, 0.25) is 27.7 Å².